The lowest BCUT2D eigenvalue weighted by atomic mass is 10.1. The lowest BCUT2D eigenvalue weighted by Crippen LogP contribution is -2.46. The first kappa shape index (κ1) is 35.4. The number of para-hydroxylation sites is 4. The molecule has 0 unspecified atom stereocenters. The van der Waals surface area contributed by atoms with Crippen LogP contribution in [-0.4, -0.2) is 46.6 Å². The summed E-state index contributed by atoms with van der Waals surface area (Å²) >= 11 is 12.0. The van der Waals surface area contributed by atoms with Gasteiger partial charge in [-0.3, -0.25) is 22.3 Å². The SMILES string of the molecule is Clc1cc2nc3[nH]c4ccccc4c3nc2cc1Cl.NC(=[NH2+])c1ccc(-c2cc3ccc(C(N)=[NH2+])cc3[nH]2)cc1.c1ccc2nc3c(nc2c1)[nH]c1ccccc13. The normalized spacial score (nSPS) is 11.3. The number of nitrogens with one attached hydrogen (secondary N) is 3. The minimum absolute atomic E-state index is 0.311. The Balaban J connectivity index is 0.000000112. The van der Waals surface area contributed by atoms with Gasteiger partial charge in [0.2, 0.25) is 0 Å². The maximum atomic E-state index is 6.02. The molecule has 57 heavy (non-hydrogen) atoms. The van der Waals surface area contributed by atoms with Gasteiger partial charge in [-0.05, 0) is 72.3 Å². The second-order valence-corrected chi connectivity index (χ2v) is 14.2. The van der Waals surface area contributed by atoms with Crippen LogP contribution in [0.2, 0.25) is 10.0 Å². The van der Waals surface area contributed by atoms with Gasteiger partial charge >= 0.3 is 0 Å². The van der Waals surface area contributed by atoms with Crippen LogP contribution in [0.4, 0.5) is 0 Å². The Morgan fingerprint density at radius 2 is 0.965 bits per heavy atom. The zero-order valence-corrected chi connectivity index (χ0v) is 31.6. The lowest BCUT2D eigenvalue weighted by Gasteiger charge is -2.00. The van der Waals surface area contributed by atoms with Gasteiger partial charge in [0.15, 0.2) is 11.3 Å². The van der Waals surface area contributed by atoms with Crippen molar-refractivity contribution in [2.24, 2.45) is 11.5 Å². The van der Waals surface area contributed by atoms with E-state index in [1.807, 2.05) is 109 Å². The van der Waals surface area contributed by atoms with Crippen molar-refractivity contribution in [3.63, 3.8) is 0 Å². The van der Waals surface area contributed by atoms with E-state index < -0.39 is 0 Å². The molecule has 0 saturated carbocycles. The smallest absolute Gasteiger partial charge is 0.270 e. The van der Waals surface area contributed by atoms with Gasteiger partial charge in [-0.25, -0.2) is 19.9 Å². The molecule has 11 aromatic rings. The van der Waals surface area contributed by atoms with E-state index in [4.69, 9.17) is 45.5 Å². The Bertz CT molecular complexity index is 3340. The zero-order valence-electron chi connectivity index (χ0n) is 30.1. The highest BCUT2D eigenvalue weighted by Crippen LogP contribution is 2.30. The molecule has 0 amide bonds. The molecule has 11 N–H and O–H groups in total. The zero-order chi connectivity index (χ0) is 39.2. The number of nitrogens with two attached hydrogens (primary N) is 4. The maximum Gasteiger partial charge on any atom is 0.270 e. The van der Waals surface area contributed by atoms with Gasteiger partial charge in [0.05, 0.1) is 43.2 Å². The Hall–Kier alpha value is -7.34. The number of aromatic nitrogens is 7. The fourth-order valence-electron chi connectivity index (χ4n) is 6.76. The molecule has 0 saturated heterocycles. The molecule has 11 rings (SSSR count). The van der Waals surface area contributed by atoms with Crippen LogP contribution in [-0.2, 0) is 0 Å². The predicted octanol–water partition coefficient (Wildman–Crippen LogP) is 6.60. The molecule has 0 radical (unpaired) electrons. The molecule has 0 bridgehead atoms. The van der Waals surface area contributed by atoms with Crippen LogP contribution in [0.5, 0.6) is 0 Å². The molecular weight excluding hydrogens is 753 g/mol. The Morgan fingerprint density at radius 1 is 0.474 bits per heavy atom. The number of benzene rings is 6. The minimum Gasteiger partial charge on any atom is -0.355 e. The number of amidine groups is 2. The van der Waals surface area contributed by atoms with Crippen LogP contribution in [0, 0.1) is 0 Å². The summed E-state index contributed by atoms with van der Waals surface area (Å²) in [4.78, 5) is 28.4. The average Bonchev–Trinajstić information content (AvgIpc) is 3.93. The van der Waals surface area contributed by atoms with Gasteiger partial charge < -0.3 is 15.0 Å². The highest BCUT2D eigenvalue weighted by molar-refractivity contribution is 6.42. The lowest BCUT2D eigenvalue weighted by molar-refractivity contribution is -0.115. The first-order valence-electron chi connectivity index (χ1n) is 17.8. The Labute approximate surface area is 333 Å². The average molecular weight is 787 g/mol. The van der Waals surface area contributed by atoms with E-state index >= 15 is 0 Å². The van der Waals surface area contributed by atoms with E-state index in [1.165, 1.54) is 0 Å². The molecule has 0 aliphatic carbocycles. The highest BCUT2D eigenvalue weighted by atomic mass is 35.5. The molecule has 13 heteroatoms. The summed E-state index contributed by atoms with van der Waals surface area (Å²) < 4.78 is 0. The molecule has 0 aliphatic rings. The van der Waals surface area contributed by atoms with Crippen molar-refractivity contribution in [3.8, 4) is 11.3 Å². The van der Waals surface area contributed by atoms with Crippen LogP contribution < -0.4 is 22.3 Å². The molecule has 5 aromatic heterocycles. The molecule has 0 spiro atoms. The van der Waals surface area contributed by atoms with Crippen molar-refractivity contribution in [2.45, 2.75) is 0 Å². The second-order valence-electron chi connectivity index (χ2n) is 13.4. The van der Waals surface area contributed by atoms with Gasteiger partial charge in [-0.2, -0.15) is 0 Å². The molecular formula is C44H33Cl2N11+2. The third kappa shape index (κ3) is 6.82. The molecule has 5 heterocycles. The van der Waals surface area contributed by atoms with Gasteiger partial charge in [0, 0.05) is 38.4 Å². The fraction of sp³-hybridized carbons (Fsp3) is 0. The monoisotopic (exact) mass is 785 g/mol. The number of hydrogen-bond donors (Lipinski definition) is 7. The van der Waals surface area contributed by atoms with Crippen LogP contribution in [0.15, 0.2) is 133 Å². The van der Waals surface area contributed by atoms with Gasteiger partial charge in [-0.1, -0.05) is 89.9 Å². The number of fused-ring (bicyclic) bond motifs is 9. The molecule has 276 valence electrons. The largest absolute Gasteiger partial charge is 0.355 e. The molecule has 0 aliphatic heterocycles. The summed E-state index contributed by atoms with van der Waals surface area (Å²) in [6, 6.07) is 43.2. The maximum absolute atomic E-state index is 6.02. The first-order chi connectivity index (χ1) is 27.7. The summed E-state index contributed by atoms with van der Waals surface area (Å²) in [5, 5.41) is 15.4. The molecule has 6 aromatic carbocycles. The summed E-state index contributed by atoms with van der Waals surface area (Å²) in [5.41, 5.74) is 24.7. The van der Waals surface area contributed by atoms with E-state index in [0.29, 0.717) is 21.7 Å². The standard InChI is InChI=1S/C16H15N5.C14H7Cl2N3.C14H9N3/c17-15(18)10-3-1-9(2-4-10)13-7-11-5-6-12(16(19)20)8-14(11)21-13;15-8-5-11-12(6-9(8)16)19-14-13(17-11)7-3-1-2-4-10(7)18-14;1-2-6-10-9(5-1)13-14(16-10)17-12-8-4-3-7-11(12)15-13/h1-8,21H,(H3,17,18)(H3,19,20);1-6H,(H,18,19);1-8H,(H,16,17)/p+2. The quantitative estimate of drug-likeness (QED) is 0.0777. The van der Waals surface area contributed by atoms with Crippen LogP contribution >= 0.6 is 23.2 Å². The van der Waals surface area contributed by atoms with Crippen LogP contribution in [0.1, 0.15) is 11.1 Å². The van der Waals surface area contributed by atoms with Crippen molar-refractivity contribution in [2.75, 3.05) is 0 Å². The second kappa shape index (κ2) is 14.4. The number of nitrogens with zero attached hydrogens (tertiary/aromatic N) is 4. The Kier molecular flexibility index (Phi) is 8.92. The number of aromatic amines is 3. The molecule has 11 nitrogen and oxygen atoms in total. The van der Waals surface area contributed by atoms with Crippen molar-refractivity contribution < 1.29 is 10.8 Å². The highest BCUT2D eigenvalue weighted by Gasteiger charge is 2.12. The van der Waals surface area contributed by atoms with Gasteiger partial charge in [0.25, 0.3) is 11.7 Å². The number of rotatable bonds is 3. The van der Waals surface area contributed by atoms with Crippen molar-refractivity contribution in [1.29, 1.82) is 0 Å². The van der Waals surface area contributed by atoms with E-state index in [9.17, 15) is 0 Å². The molecule has 0 atom stereocenters. The van der Waals surface area contributed by atoms with E-state index in [1.54, 1.807) is 12.1 Å². The third-order valence-electron chi connectivity index (χ3n) is 9.63. The van der Waals surface area contributed by atoms with E-state index in [0.717, 1.165) is 99.5 Å². The first-order valence-corrected chi connectivity index (χ1v) is 18.6. The predicted molar refractivity (Wildman–Crippen MR) is 232 cm³/mol. The van der Waals surface area contributed by atoms with E-state index in [-0.39, 0.29) is 0 Å². The number of H-pyrrole nitrogens is 3. The van der Waals surface area contributed by atoms with Crippen molar-refractivity contribution >= 4 is 112 Å². The summed E-state index contributed by atoms with van der Waals surface area (Å²) in [6.07, 6.45) is 0. The van der Waals surface area contributed by atoms with Gasteiger partial charge in [-0.15, -0.1) is 0 Å². The van der Waals surface area contributed by atoms with Crippen molar-refractivity contribution in [3.05, 3.63) is 155 Å². The fourth-order valence-corrected chi connectivity index (χ4v) is 7.07. The van der Waals surface area contributed by atoms with E-state index in [2.05, 4.69) is 47.0 Å². The van der Waals surface area contributed by atoms with Crippen LogP contribution in [0.25, 0.3) is 88.4 Å². The van der Waals surface area contributed by atoms with Gasteiger partial charge in [0.1, 0.15) is 11.0 Å². The minimum atomic E-state index is 0.311. The van der Waals surface area contributed by atoms with Crippen molar-refractivity contribution in [1.82, 2.24) is 34.9 Å². The number of hydrogen-bond acceptors (Lipinski definition) is 4. The Morgan fingerprint density at radius 3 is 1.56 bits per heavy atom. The number of halogens is 2. The molecule has 0 fully saturated rings. The third-order valence-corrected chi connectivity index (χ3v) is 10.4. The summed E-state index contributed by atoms with van der Waals surface area (Å²) in [5.74, 6) is 0.628. The topological polar surface area (TPSA) is 202 Å². The van der Waals surface area contributed by atoms with Crippen LogP contribution in [0.3, 0.4) is 0 Å². The summed E-state index contributed by atoms with van der Waals surface area (Å²) in [6.45, 7) is 0. The summed E-state index contributed by atoms with van der Waals surface area (Å²) in [7, 11) is 0.